The number of hydrogen-bond acceptors (Lipinski definition) is 2. The number of hydrogen-bond donors (Lipinski definition) is 0. The average Bonchev–Trinajstić information content (AvgIpc) is 1.80. The molecule has 1 aliphatic rings. The van der Waals surface area contributed by atoms with E-state index in [1.165, 1.54) is 0 Å². The summed E-state index contributed by atoms with van der Waals surface area (Å²) in [6.07, 6.45) is 0.748. The molecule has 9 heavy (non-hydrogen) atoms. The number of piperidine rings is 1. The molecule has 0 N–H and O–H groups in total. The first-order chi connectivity index (χ1) is 4.20. The normalized spacial score (nSPS) is 30.9. The third-order valence-electron chi connectivity index (χ3n) is 1.88. The summed E-state index contributed by atoms with van der Waals surface area (Å²) in [7, 11) is 2.06. The molecule has 0 bridgehead atoms. The molecule has 0 aromatic rings. The van der Waals surface area contributed by atoms with E-state index in [2.05, 4.69) is 11.9 Å². The number of nitrogens with zero attached hydrogens (tertiary/aromatic N) is 1. The molecular weight excluding hydrogens is 114 g/mol. The van der Waals surface area contributed by atoms with Crippen LogP contribution in [0.5, 0.6) is 0 Å². The summed E-state index contributed by atoms with van der Waals surface area (Å²) in [5.41, 5.74) is 0. The van der Waals surface area contributed by atoms with Gasteiger partial charge in [0.15, 0.2) is 0 Å². The van der Waals surface area contributed by atoms with Gasteiger partial charge in [-0.25, -0.2) is 0 Å². The smallest absolute Gasteiger partial charge is 0.138 e. The standard InChI is InChI=1S/C7H13NO/c1-6-5-8(2)4-3-7(6)9/h6H,3-5H2,1-2H3/t6-/m1/s1. The highest BCUT2D eigenvalue weighted by molar-refractivity contribution is 5.81. The molecule has 1 saturated heterocycles. The SMILES string of the molecule is C[C@@H]1CN(C)CCC1=O. The summed E-state index contributed by atoms with van der Waals surface area (Å²) in [4.78, 5) is 13.1. The second-order valence-corrected chi connectivity index (χ2v) is 2.88. The topological polar surface area (TPSA) is 20.3 Å². The number of ketones is 1. The molecule has 0 saturated carbocycles. The van der Waals surface area contributed by atoms with E-state index in [0.29, 0.717) is 5.78 Å². The Morgan fingerprint density at radius 3 is 2.78 bits per heavy atom. The maximum Gasteiger partial charge on any atom is 0.138 e. The van der Waals surface area contributed by atoms with Crippen LogP contribution in [0.3, 0.4) is 0 Å². The van der Waals surface area contributed by atoms with Crippen molar-refractivity contribution in [2.24, 2.45) is 5.92 Å². The summed E-state index contributed by atoms with van der Waals surface area (Å²) in [5, 5.41) is 0. The van der Waals surface area contributed by atoms with Crippen LogP contribution in [-0.4, -0.2) is 30.8 Å². The maximum atomic E-state index is 10.9. The monoisotopic (exact) mass is 127 g/mol. The first-order valence-corrected chi connectivity index (χ1v) is 3.41. The summed E-state index contributed by atoms with van der Waals surface area (Å²) in [6.45, 7) is 3.89. The van der Waals surface area contributed by atoms with Crippen LogP contribution in [0.1, 0.15) is 13.3 Å². The molecule has 0 unspecified atom stereocenters. The van der Waals surface area contributed by atoms with Crippen molar-refractivity contribution < 1.29 is 4.79 Å². The van der Waals surface area contributed by atoms with E-state index >= 15 is 0 Å². The minimum atomic E-state index is 0.267. The van der Waals surface area contributed by atoms with Gasteiger partial charge in [0.2, 0.25) is 0 Å². The zero-order chi connectivity index (χ0) is 6.85. The Morgan fingerprint density at radius 2 is 2.33 bits per heavy atom. The van der Waals surface area contributed by atoms with Gasteiger partial charge in [-0.05, 0) is 7.05 Å². The molecular formula is C7H13NO. The second kappa shape index (κ2) is 2.48. The Kier molecular flexibility index (Phi) is 1.86. The highest BCUT2D eigenvalue weighted by Gasteiger charge is 2.20. The van der Waals surface area contributed by atoms with Crippen LogP contribution in [0.25, 0.3) is 0 Å². The number of carbonyl (C=O) groups excluding carboxylic acids is 1. The average molecular weight is 127 g/mol. The predicted molar refractivity (Wildman–Crippen MR) is 36.3 cm³/mol. The van der Waals surface area contributed by atoms with Crippen LogP contribution in [0.2, 0.25) is 0 Å². The van der Waals surface area contributed by atoms with Crippen LogP contribution >= 0.6 is 0 Å². The van der Waals surface area contributed by atoms with Crippen molar-refractivity contribution in [1.82, 2.24) is 4.90 Å². The quantitative estimate of drug-likeness (QED) is 0.473. The molecule has 1 fully saturated rings. The Labute approximate surface area is 55.8 Å². The lowest BCUT2D eigenvalue weighted by molar-refractivity contribution is -0.125. The molecule has 1 rings (SSSR count). The van der Waals surface area contributed by atoms with Crippen LogP contribution in [0.4, 0.5) is 0 Å². The molecule has 52 valence electrons. The summed E-state index contributed by atoms with van der Waals surface area (Å²) in [6, 6.07) is 0. The summed E-state index contributed by atoms with van der Waals surface area (Å²) >= 11 is 0. The first kappa shape index (κ1) is 6.75. The van der Waals surface area contributed by atoms with Gasteiger partial charge in [0.05, 0.1) is 0 Å². The van der Waals surface area contributed by atoms with Crippen molar-refractivity contribution in [2.75, 3.05) is 20.1 Å². The van der Waals surface area contributed by atoms with Crippen LogP contribution < -0.4 is 0 Å². The van der Waals surface area contributed by atoms with E-state index in [-0.39, 0.29) is 5.92 Å². The van der Waals surface area contributed by atoms with Gasteiger partial charge in [-0.1, -0.05) is 6.92 Å². The van der Waals surface area contributed by atoms with E-state index in [4.69, 9.17) is 0 Å². The Morgan fingerprint density at radius 1 is 1.67 bits per heavy atom. The van der Waals surface area contributed by atoms with E-state index in [0.717, 1.165) is 19.5 Å². The molecule has 0 spiro atoms. The maximum absolute atomic E-state index is 10.9. The van der Waals surface area contributed by atoms with E-state index in [1.807, 2.05) is 6.92 Å². The third kappa shape index (κ3) is 1.52. The van der Waals surface area contributed by atoms with E-state index in [9.17, 15) is 4.79 Å². The van der Waals surface area contributed by atoms with Gasteiger partial charge in [-0.15, -0.1) is 0 Å². The Bertz CT molecular complexity index is 122. The van der Waals surface area contributed by atoms with Crippen molar-refractivity contribution in [1.29, 1.82) is 0 Å². The Hall–Kier alpha value is -0.370. The zero-order valence-corrected chi connectivity index (χ0v) is 6.05. The Balaban J connectivity index is 2.44. The molecule has 2 heteroatoms. The number of carbonyl (C=O) groups is 1. The number of likely N-dealkylation sites (tertiary alicyclic amines) is 1. The van der Waals surface area contributed by atoms with Gasteiger partial charge < -0.3 is 4.90 Å². The van der Waals surface area contributed by atoms with Gasteiger partial charge in [0, 0.05) is 25.4 Å². The molecule has 1 aliphatic heterocycles. The minimum Gasteiger partial charge on any atom is -0.305 e. The lowest BCUT2D eigenvalue weighted by atomic mass is 9.99. The van der Waals surface area contributed by atoms with Crippen molar-refractivity contribution in [3.05, 3.63) is 0 Å². The predicted octanol–water partition coefficient (Wildman–Crippen LogP) is 0.527. The zero-order valence-electron chi connectivity index (χ0n) is 6.05. The molecule has 0 amide bonds. The first-order valence-electron chi connectivity index (χ1n) is 3.41. The molecule has 2 nitrogen and oxygen atoms in total. The van der Waals surface area contributed by atoms with Crippen molar-refractivity contribution in [3.63, 3.8) is 0 Å². The van der Waals surface area contributed by atoms with Gasteiger partial charge in [0.25, 0.3) is 0 Å². The minimum absolute atomic E-state index is 0.267. The van der Waals surface area contributed by atoms with Gasteiger partial charge in [0.1, 0.15) is 5.78 Å². The summed E-state index contributed by atoms with van der Waals surface area (Å²) in [5.74, 6) is 0.692. The van der Waals surface area contributed by atoms with Crippen LogP contribution in [0.15, 0.2) is 0 Å². The van der Waals surface area contributed by atoms with Gasteiger partial charge >= 0.3 is 0 Å². The van der Waals surface area contributed by atoms with Crippen molar-refractivity contribution in [3.8, 4) is 0 Å². The molecule has 0 aromatic carbocycles. The largest absolute Gasteiger partial charge is 0.305 e. The molecule has 0 aromatic heterocycles. The summed E-state index contributed by atoms with van der Waals surface area (Å²) < 4.78 is 0. The van der Waals surface area contributed by atoms with E-state index < -0.39 is 0 Å². The second-order valence-electron chi connectivity index (χ2n) is 2.88. The van der Waals surface area contributed by atoms with Gasteiger partial charge in [-0.3, -0.25) is 4.79 Å². The van der Waals surface area contributed by atoms with Crippen LogP contribution in [-0.2, 0) is 4.79 Å². The molecule has 0 aliphatic carbocycles. The fraction of sp³-hybridized carbons (Fsp3) is 0.857. The van der Waals surface area contributed by atoms with Gasteiger partial charge in [-0.2, -0.15) is 0 Å². The lowest BCUT2D eigenvalue weighted by Crippen LogP contribution is -2.36. The number of rotatable bonds is 0. The van der Waals surface area contributed by atoms with E-state index in [1.54, 1.807) is 0 Å². The number of Topliss-reactive ketones (excluding diaryl/α,β-unsaturated/α-hetero) is 1. The lowest BCUT2D eigenvalue weighted by Gasteiger charge is -2.25. The fourth-order valence-electron chi connectivity index (χ4n) is 1.21. The van der Waals surface area contributed by atoms with Crippen molar-refractivity contribution in [2.45, 2.75) is 13.3 Å². The fourth-order valence-corrected chi connectivity index (χ4v) is 1.21. The van der Waals surface area contributed by atoms with Crippen LogP contribution in [0, 0.1) is 5.92 Å². The molecule has 0 radical (unpaired) electrons. The molecule has 1 heterocycles. The highest BCUT2D eigenvalue weighted by Crippen LogP contribution is 2.09. The third-order valence-corrected chi connectivity index (χ3v) is 1.88. The van der Waals surface area contributed by atoms with Crippen molar-refractivity contribution >= 4 is 5.78 Å². The highest BCUT2D eigenvalue weighted by atomic mass is 16.1. The molecule has 1 atom stereocenters.